The van der Waals surface area contributed by atoms with Gasteiger partial charge < -0.3 is 10.4 Å². The summed E-state index contributed by atoms with van der Waals surface area (Å²) >= 11 is 0. The van der Waals surface area contributed by atoms with E-state index >= 15 is 0 Å². The van der Waals surface area contributed by atoms with Crippen molar-refractivity contribution in [2.24, 2.45) is 0 Å². The molecule has 0 amide bonds. The van der Waals surface area contributed by atoms with Gasteiger partial charge in [0.25, 0.3) is 0 Å². The summed E-state index contributed by atoms with van der Waals surface area (Å²) in [5.41, 5.74) is -0.300. The lowest BCUT2D eigenvalue weighted by Crippen LogP contribution is -2.26. The van der Waals surface area contributed by atoms with Crippen LogP contribution >= 0.6 is 0 Å². The summed E-state index contributed by atoms with van der Waals surface area (Å²) in [4.78, 5) is 0. The van der Waals surface area contributed by atoms with Crippen LogP contribution in [0.25, 0.3) is 0 Å². The van der Waals surface area contributed by atoms with E-state index in [1.165, 1.54) is 12.1 Å². The smallest absolute Gasteiger partial charge is 0.130 e. The minimum atomic E-state index is -0.728. The van der Waals surface area contributed by atoms with Crippen molar-refractivity contribution in [3.8, 4) is 0 Å². The Labute approximate surface area is 94.3 Å². The molecule has 2 N–H and O–H groups in total. The van der Waals surface area contributed by atoms with Gasteiger partial charge >= 0.3 is 0 Å². The largest absolute Gasteiger partial charge is 0.390 e. The first-order chi connectivity index (χ1) is 7.38. The van der Waals surface area contributed by atoms with Gasteiger partial charge in [-0.05, 0) is 32.9 Å². The number of hydrogen-bond donors (Lipinski definition) is 2. The third-order valence-corrected chi connectivity index (χ3v) is 2.24. The molecule has 0 radical (unpaired) electrons. The average molecular weight is 229 g/mol. The molecule has 0 saturated carbocycles. The molecule has 0 atom stereocenters. The maximum Gasteiger partial charge on any atom is 0.130 e. The molecule has 0 fully saturated rings. The van der Waals surface area contributed by atoms with Gasteiger partial charge in [0.1, 0.15) is 11.6 Å². The molecule has 0 saturated heterocycles. The summed E-state index contributed by atoms with van der Waals surface area (Å²) in [5.74, 6) is -1.12. The van der Waals surface area contributed by atoms with E-state index in [-0.39, 0.29) is 0 Å². The number of hydrogen-bond acceptors (Lipinski definition) is 2. The standard InChI is InChI=1S/C12H17F2NO/c1-12(2,16)5-6-15-8-9-3-4-10(13)7-11(9)14/h3-4,7,15-16H,5-6,8H2,1-2H3. The van der Waals surface area contributed by atoms with Crippen molar-refractivity contribution in [3.63, 3.8) is 0 Å². The van der Waals surface area contributed by atoms with Gasteiger partial charge in [0.15, 0.2) is 0 Å². The number of benzene rings is 1. The van der Waals surface area contributed by atoms with Gasteiger partial charge in [-0.3, -0.25) is 0 Å². The van der Waals surface area contributed by atoms with Crippen molar-refractivity contribution >= 4 is 0 Å². The van der Waals surface area contributed by atoms with Crippen LogP contribution in [-0.2, 0) is 6.54 Å². The van der Waals surface area contributed by atoms with Crippen molar-refractivity contribution in [3.05, 3.63) is 35.4 Å². The molecule has 0 aliphatic heterocycles. The predicted octanol–water partition coefficient (Wildman–Crippen LogP) is 2.22. The topological polar surface area (TPSA) is 32.3 Å². The zero-order valence-electron chi connectivity index (χ0n) is 9.56. The van der Waals surface area contributed by atoms with E-state index in [4.69, 9.17) is 0 Å². The van der Waals surface area contributed by atoms with Gasteiger partial charge in [-0.15, -0.1) is 0 Å². The summed E-state index contributed by atoms with van der Waals surface area (Å²) in [6, 6.07) is 3.52. The van der Waals surface area contributed by atoms with Gasteiger partial charge in [0.05, 0.1) is 5.60 Å². The normalized spacial score (nSPS) is 11.8. The lowest BCUT2D eigenvalue weighted by atomic mass is 10.1. The second-order valence-corrected chi connectivity index (χ2v) is 4.47. The number of aliphatic hydroxyl groups is 1. The van der Waals surface area contributed by atoms with E-state index in [0.717, 1.165) is 6.07 Å². The van der Waals surface area contributed by atoms with E-state index in [0.29, 0.717) is 25.1 Å². The molecule has 0 spiro atoms. The predicted molar refractivity (Wildman–Crippen MR) is 59.0 cm³/mol. The van der Waals surface area contributed by atoms with Crippen LogP contribution < -0.4 is 5.32 Å². The second-order valence-electron chi connectivity index (χ2n) is 4.47. The molecule has 0 heterocycles. The molecule has 2 nitrogen and oxygen atoms in total. The van der Waals surface area contributed by atoms with Crippen molar-refractivity contribution in [1.82, 2.24) is 5.32 Å². The Hall–Kier alpha value is -1.00. The highest BCUT2D eigenvalue weighted by Crippen LogP contribution is 2.10. The van der Waals surface area contributed by atoms with Crippen LogP contribution in [0.2, 0.25) is 0 Å². The molecule has 4 heteroatoms. The molecular formula is C12H17F2NO. The van der Waals surface area contributed by atoms with Gasteiger partial charge in [-0.2, -0.15) is 0 Å². The Bertz CT molecular complexity index is 347. The lowest BCUT2D eigenvalue weighted by Gasteiger charge is -2.17. The summed E-state index contributed by atoms with van der Waals surface area (Å²) < 4.78 is 25.8. The fourth-order valence-electron chi connectivity index (χ4n) is 1.28. The highest BCUT2D eigenvalue weighted by Gasteiger charge is 2.11. The Kier molecular flexibility index (Phi) is 4.38. The SMILES string of the molecule is CC(C)(O)CCNCc1ccc(F)cc1F. The minimum Gasteiger partial charge on any atom is -0.390 e. The van der Waals surface area contributed by atoms with Crippen molar-refractivity contribution < 1.29 is 13.9 Å². The number of nitrogens with one attached hydrogen (secondary N) is 1. The van der Waals surface area contributed by atoms with E-state index < -0.39 is 17.2 Å². The Balaban J connectivity index is 2.38. The van der Waals surface area contributed by atoms with Crippen molar-refractivity contribution in [1.29, 1.82) is 0 Å². The highest BCUT2D eigenvalue weighted by atomic mass is 19.1. The van der Waals surface area contributed by atoms with Crippen LogP contribution in [0.3, 0.4) is 0 Å². The maximum absolute atomic E-state index is 13.2. The first-order valence-corrected chi connectivity index (χ1v) is 5.25. The van der Waals surface area contributed by atoms with E-state index in [1.807, 2.05) is 0 Å². The molecule has 0 unspecified atom stereocenters. The number of rotatable bonds is 5. The molecule has 90 valence electrons. The van der Waals surface area contributed by atoms with Crippen molar-refractivity contribution in [2.75, 3.05) is 6.54 Å². The molecule has 1 aromatic carbocycles. The molecule has 0 aromatic heterocycles. The quantitative estimate of drug-likeness (QED) is 0.759. The molecule has 1 rings (SSSR count). The van der Waals surface area contributed by atoms with Crippen LogP contribution in [0.5, 0.6) is 0 Å². The summed E-state index contributed by atoms with van der Waals surface area (Å²) in [6.07, 6.45) is 0.579. The minimum absolute atomic E-state index is 0.336. The Morgan fingerprint density at radius 1 is 1.31 bits per heavy atom. The summed E-state index contributed by atoms with van der Waals surface area (Å²) in [7, 11) is 0. The fraction of sp³-hybridized carbons (Fsp3) is 0.500. The van der Waals surface area contributed by atoms with Crippen molar-refractivity contribution in [2.45, 2.75) is 32.4 Å². The maximum atomic E-state index is 13.2. The van der Waals surface area contributed by atoms with Gasteiger partial charge in [-0.25, -0.2) is 8.78 Å². The Morgan fingerprint density at radius 2 is 2.00 bits per heavy atom. The van der Waals surface area contributed by atoms with Crippen LogP contribution in [0, 0.1) is 11.6 Å². The zero-order chi connectivity index (χ0) is 12.2. The van der Waals surface area contributed by atoms with Crippen LogP contribution in [-0.4, -0.2) is 17.3 Å². The monoisotopic (exact) mass is 229 g/mol. The average Bonchev–Trinajstić information content (AvgIpc) is 2.13. The summed E-state index contributed by atoms with van der Waals surface area (Å²) in [5, 5.41) is 12.4. The first-order valence-electron chi connectivity index (χ1n) is 5.25. The van der Waals surface area contributed by atoms with Gasteiger partial charge in [-0.1, -0.05) is 6.07 Å². The zero-order valence-corrected chi connectivity index (χ0v) is 9.56. The third kappa shape index (κ3) is 4.68. The van der Waals surface area contributed by atoms with Crippen LogP contribution in [0.4, 0.5) is 8.78 Å². The number of halogens is 2. The third-order valence-electron chi connectivity index (χ3n) is 2.24. The van der Waals surface area contributed by atoms with E-state index in [2.05, 4.69) is 5.32 Å². The summed E-state index contributed by atoms with van der Waals surface area (Å²) in [6.45, 7) is 4.35. The molecule has 0 aliphatic rings. The van der Waals surface area contributed by atoms with Crippen LogP contribution in [0.15, 0.2) is 18.2 Å². The highest BCUT2D eigenvalue weighted by molar-refractivity contribution is 5.18. The van der Waals surface area contributed by atoms with Gasteiger partial charge in [0.2, 0.25) is 0 Å². The molecule has 0 bridgehead atoms. The molecular weight excluding hydrogens is 212 g/mol. The fourth-order valence-corrected chi connectivity index (χ4v) is 1.28. The second kappa shape index (κ2) is 5.37. The van der Waals surface area contributed by atoms with Crippen LogP contribution in [0.1, 0.15) is 25.8 Å². The molecule has 0 aliphatic carbocycles. The molecule has 1 aromatic rings. The first kappa shape index (κ1) is 13.1. The van der Waals surface area contributed by atoms with E-state index in [9.17, 15) is 13.9 Å². The van der Waals surface area contributed by atoms with E-state index in [1.54, 1.807) is 13.8 Å². The Morgan fingerprint density at radius 3 is 2.56 bits per heavy atom. The molecule has 16 heavy (non-hydrogen) atoms. The van der Waals surface area contributed by atoms with Gasteiger partial charge in [0, 0.05) is 18.2 Å². The lowest BCUT2D eigenvalue weighted by molar-refractivity contribution is 0.0711.